The Hall–Kier alpha value is -1.03. The minimum Gasteiger partial charge on any atom is -0.193 e. The van der Waals surface area contributed by atoms with Gasteiger partial charge in [0.2, 0.25) is 0 Å². The first-order valence-corrected chi connectivity index (χ1v) is 3.65. The zero-order valence-corrected chi connectivity index (χ0v) is 5.96. The highest BCUT2D eigenvalue weighted by Crippen LogP contribution is 2.18. The molecule has 0 fully saturated rings. The Bertz CT molecular complexity index is 183. The molecule has 1 nitrogen and oxygen atoms in total. The van der Waals surface area contributed by atoms with Gasteiger partial charge in [-0.15, -0.1) is 0 Å². The van der Waals surface area contributed by atoms with E-state index in [1.165, 1.54) is 12.8 Å². The quantitative estimate of drug-likeness (QED) is 0.398. The summed E-state index contributed by atoms with van der Waals surface area (Å²) in [6.45, 7) is 0. The Labute approximate surface area is 61.7 Å². The van der Waals surface area contributed by atoms with Crippen molar-refractivity contribution in [3.8, 4) is 6.07 Å². The van der Waals surface area contributed by atoms with E-state index in [0.717, 1.165) is 6.42 Å². The molecule has 0 aromatic carbocycles. The summed E-state index contributed by atoms with van der Waals surface area (Å²) in [5.41, 5.74) is 0. The van der Waals surface area contributed by atoms with Crippen LogP contribution >= 0.6 is 0 Å². The van der Waals surface area contributed by atoms with Crippen molar-refractivity contribution in [2.24, 2.45) is 5.92 Å². The van der Waals surface area contributed by atoms with Gasteiger partial charge < -0.3 is 0 Å². The number of hydrogen-bond donors (Lipinski definition) is 0. The second-order valence-electron chi connectivity index (χ2n) is 2.53. The molecule has 1 aliphatic rings. The first-order valence-electron chi connectivity index (χ1n) is 3.65. The number of rotatable bonds is 1. The van der Waals surface area contributed by atoms with E-state index in [4.69, 9.17) is 5.26 Å². The van der Waals surface area contributed by atoms with Crippen LogP contribution in [0.2, 0.25) is 0 Å². The Morgan fingerprint density at radius 1 is 1.50 bits per heavy atom. The van der Waals surface area contributed by atoms with Crippen LogP contribution in [0.5, 0.6) is 0 Å². The predicted octanol–water partition coefficient (Wildman–Crippen LogP) is 2.42. The highest BCUT2D eigenvalue weighted by Gasteiger charge is 2.04. The van der Waals surface area contributed by atoms with Crippen molar-refractivity contribution in [1.29, 1.82) is 5.26 Å². The molecule has 1 aliphatic carbocycles. The molecule has 0 aromatic heterocycles. The van der Waals surface area contributed by atoms with Crippen molar-refractivity contribution in [2.75, 3.05) is 0 Å². The van der Waals surface area contributed by atoms with Crippen LogP contribution in [0.4, 0.5) is 0 Å². The van der Waals surface area contributed by atoms with Gasteiger partial charge in [-0.25, -0.2) is 0 Å². The fourth-order valence-electron chi connectivity index (χ4n) is 1.17. The average molecular weight is 133 g/mol. The minimum atomic E-state index is 0.615. The molecule has 0 saturated carbocycles. The molecule has 0 aliphatic heterocycles. The highest BCUT2D eigenvalue weighted by atomic mass is 14.2. The lowest BCUT2D eigenvalue weighted by Crippen LogP contribution is -1.97. The molecular weight excluding hydrogens is 122 g/mol. The summed E-state index contributed by atoms with van der Waals surface area (Å²) in [5, 5.41) is 8.24. The first kappa shape index (κ1) is 7.08. The minimum absolute atomic E-state index is 0.615. The molecule has 0 radical (unpaired) electrons. The molecule has 1 heteroatoms. The molecule has 0 bridgehead atoms. The maximum atomic E-state index is 8.24. The van der Waals surface area contributed by atoms with Crippen molar-refractivity contribution in [1.82, 2.24) is 0 Å². The van der Waals surface area contributed by atoms with Crippen LogP contribution in [0.3, 0.4) is 0 Å². The molecule has 0 N–H and O–H groups in total. The van der Waals surface area contributed by atoms with Crippen LogP contribution < -0.4 is 0 Å². The highest BCUT2D eigenvalue weighted by molar-refractivity contribution is 5.06. The largest absolute Gasteiger partial charge is 0.193 e. The van der Waals surface area contributed by atoms with Gasteiger partial charge in [-0.3, -0.25) is 0 Å². The van der Waals surface area contributed by atoms with Gasteiger partial charge in [0.15, 0.2) is 0 Å². The summed E-state index contributed by atoms with van der Waals surface area (Å²) in [7, 11) is 0. The Balaban J connectivity index is 2.37. The Morgan fingerprint density at radius 3 is 3.00 bits per heavy atom. The monoisotopic (exact) mass is 133 g/mol. The van der Waals surface area contributed by atoms with Gasteiger partial charge in [0, 0.05) is 6.08 Å². The number of nitrogens with zero attached hydrogens (tertiary/aromatic N) is 1. The third-order valence-electron chi connectivity index (χ3n) is 1.75. The zero-order valence-electron chi connectivity index (χ0n) is 5.96. The van der Waals surface area contributed by atoms with Crippen LogP contribution in [0.15, 0.2) is 24.3 Å². The van der Waals surface area contributed by atoms with E-state index < -0.39 is 0 Å². The van der Waals surface area contributed by atoms with Crippen LogP contribution in [0.1, 0.15) is 19.3 Å². The third kappa shape index (κ3) is 2.06. The van der Waals surface area contributed by atoms with E-state index in [9.17, 15) is 0 Å². The summed E-state index contributed by atoms with van der Waals surface area (Å²) in [4.78, 5) is 0. The summed E-state index contributed by atoms with van der Waals surface area (Å²) in [6, 6.07) is 2.01. The van der Waals surface area contributed by atoms with E-state index in [2.05, 4.69) is 12.2 Å². The summed E-state index contributed by atoms with van der Waals surface area (Å²) >= 11 is 0. The maximum Gasteiger partial charge on any atom is 0.0908 e. The van der Waals surface area contributed by atoms with E-state index in [-0.39, 0.29) is 0 Å². The van der Waals surface area contributed by atoms with Crippen molar-refractivity contribution in [3.63, 3.8) is 0 Å². The van der Waals surface area contributed by atoms with Gasteiger partial charge in [0.25, 0.3) is 0 Å². The standard InChI is InChI=1S/C9H11N/c10-8-4-7-9-5-2-1-3-6-9/h1-2,4,7,9H,3,5-6H2/b7-4+. The van der Waals surface area contributed by atoms with Crippen LogP contribution in [0.25, 0.3) is 0 Å². The van der Waals surface area contributed by atoms with Gasteiger partial charge in [-0.2, -0.15) is 5.26 Å². The topological polar surface area (TPSA) is 23.8 Å². The lowest BCUT2D eigenvalue weighted by molar-refractivity contribution is 0.584. The van der Waals surface area contributed by atoms with E-state index >= 15 is 0 Å². The van der Waals surface area contributed by atoms with Gasteiger partial charge in [0.05, 0.1) is 6.07 Å². The molecule has 0 aromatic rings. The van der Waals surface area contributed by atoms with Crippen molar-refractivity contribution < 1.29 is 0 Å². The number of allylic oxidation sites excluding steroid dienone is 4. The van der Waals surface area contributed by atoms with Crippen molar-refractivity contribution in [2.45, 2.75) is 19.3 Å². The van der Waals surface area contributed by atoms with Crippen molar-refractivity contribution in [3.05, 3.63) is 24.3 Å². The van der Waals surface area contributed by atoms with Crippen LogP contribution in [0, 0.1) is 17.2 Å². The molecule has 1 atom stereocenters. The van der Waals surface area contributed by atoms with Gasteiger partial charge in [0.1, 0.15) is 0 Å². The smallest absolute Gasteiger partial charge is 0.0908 e. The molecular formula is C9H11N. The Morgan fingerprint density at radius 2 is 2.40 bits per heavy atom. The second kappa shape index (κ2) is 3.90. The molecule has 0 amide bonds. The molecule has 1 rings (SSSR count). The normalized spacial score (nSPS) is 24.9. The first-order chi connectivity index (χ1) is 4.93. The van der Waals surface area contributed by atoms with E-state index in [1.54, 1.807) is 6.08 Å². The molecule has 52 valence electrons. The maximum absolute atomic E-state index is 8.24. The molecule has 10 heavy (non-hydrogen) atoms. The molecule has 0 spiro atoms. The third-order valence-corrected chi connectivity index (χ3v) is 1.75. The van der Waals surface area contributed by atoms with E-state index in [0.29, 0.717) is 5.92 Å². The fourth-order valence-corrected chi connectivity index (χ4v) is 1.17. The summed E-state index contributed by atoms with van der Waals surface area (Å²) in [5.74, 6) is 0.615. The van der Waals surface area contributed by atoms with Gasteiger partial charge in [-0.05, 0) is 25.2 Å². The van der Waals surface area contributed by atoms with Gasteiger partial charge in [-0.1, -0.05) is 18.2 Å². The van der Waals surface area contributed by atoms with Crippen molar-refractivity contribution >= 4 is 0 Å². The SMILES string of the molecule is N#C/C=C/C1CC=CCC1. The number of hydrogen-bond acceptors (Lipinski definition) is 1. The van der Waals surface area contributed by atoms with Crippen LogP contribution in [-0.2, 0) is 0 Å². The summed E-state index contributed by atoms with van der Waals surface area (Å²) in [6.07, 6.45) is 11.5. The molecule has 0 heterocycles. The van der Waals surface area contributed by atoms with Crippen LogP contribution in [-0.4, -0.2) is 0 Å². The zero-order chi connectivity index (χ0) is 7.23. The molecule has 0 saturated heterocycles. The second-order valence-corrected chi connectivity index (χ2v) is 2.53. The van der Waals surface area contributed by atoms with Gasteiger partial charge >= 0.3 is 0 Å². The fraction of sp³-hybridized carbons (Fsp3) is 0.444. The lowest BCUT2D eigenvalue weighted by Gasteiger charge is -2.11. The predicted molar refractivity (Wildman–Crippen MR) is 41.2 cm³/mol. The summed E-state index contributed by atoms with van der Waals surface area (Å²) < 4.78 is 0. The van der Waals surface area contributed by atoms with E-state index in [1.807, 2.05) is 12.1 Å². The molecule has 1 unspecified atom stereocenters. The average Bonchev–Trinajstić information content (AvgIpc) is 2.03. The Kier molecular flexibility index (Phi) is 2.76. The lowest BCUT2D eigenvalue weighted by atomic mass is 9.94. The number of nitriles is 1.